The summed E-state index contributed by atoms with van der Waals surface area (Å²) in [6.45, 7) is 0. The van der Waals surface area contributed by atoms with Gasteiger partial charge in [-0.05, 0) is 77.2 Å². The van der Waals surface area contributed by atoms with E-state index in [4.69, 9.17) is 0 Å². The van der Waals surface area contributed by atoms with Crippen LogP contribution in [0.1, 0.15) is 11.1 Å². The second kappa shape index (κ2) is 12.0. The van der Waals surface area contributed by atoms with Crippen LogP contribution in [-0.4, -0.2) is 34.7 Å². The SMILES string of the molecule is CNc1ccc2c(O)c(N=Nc3ccc(/C=C/c4ccc(-n5c(S)nc6ccccc6c5=O)cc4)cc3)c(S(=O)(=O)O)cc2c1. The van der Waals surface area contributed by atoms with Gasteiger partial charge in [-0.2, -0.15) is 13.5 Å². The van der Waals surface area contributed by atoms with Gasteiger partial charge < -0.3 is 10.4 Å². The fraction of sp³-hybridized carbons (Fsp3) is 0.0303. The Morgan fingerprint density at radius 1 is 0.867 bits per heavy atom. The van der Waals surface area contributed by atoms with Gasteiger partial charge in [0, 0.05) is 18.1 Å². The molecule has 45 heavy (non-hydrogen) atoms. The van der Waals surface area contributed by atoms with E-state index in [-0.39, 0.29) is 11.2 Å². The molecule has 0 aliphatic rings. The van der Waals surface area contributed by atoms with Crippen LogP contribution >= 0.6 is 12.6 Å². The molecule has 1 aromatic heterocycles. The van der Waals surface area contributed by atoms with Crippen LogP contribution in [0.3, 0.4) is 0 Å². The molecular formula is C33H25N5O5S2. The van der Waals surface area contributed by atoms with E-state index in [1.807, 2.05) is 42.5 Å². The number of phenols is 1. The minimum absolute atomic E-state index is 0.195. The molecule has 6 aromatic rings. The lowest BCUT2D eigenvalue weighted by Gasteiger charge is -2.10. The van der Waals surface area contributed by atoms with Crippen LogP contribution in [0.15, 0.2) is 122 Å². The number of nitrogens with zero attached hydrogens (tertiary/aromatic N) is 4. The van der Waals surface area contributed by atoms with Gasteiger partial charge in [0.05, 0.1) is 22.3 Å². The zero-order valence-electron chi connectivity index (χ0n) is 23.7. The maximum Gasteiger partial charge on any atom is 0.296 e. The minimum atomic E-state index is -4.71. The molecule has 0 fully saturated rings. The van der Waals surface area contributed by atoms with Crippen molar-refractivity contribution in [1.29, 1.82) is 0 Å². The zero-order chi connectivity index (χ0) is 31.7. The molecule has 0 unspecified atom stereocenters. The highest BCUT2D eigenvalue weighted by Gasteiger charge is 2.22. The molecule has 0 amide bonds. The maximum absolute atomic E-state index is 13.0. The molecule has 0 aliphatic heterocycles. The van der Waals surface area contributed by atoms with Crippen molar-refractivity contribution in [2.75, 3.05) is 12.4 Å². The third-order valence-corrected chi connectivity index (χ3v) is 8.32. The van der Waals surface area contributed by atoms with E-state index in [0.717, 1.165) is 11.1 Å². The third kappa shape index (κ3) is 6.07. The highest BCUT2D eigenvalue weighted by Crippen LogP contribution is 2.42. The molecule has 0 aliphatic carbocycles. The number of azo groups is 1. The van der Waals surface area contributed by atoms with Crippen molar-refractivity contribution in [3.8, 4) is 11.4 Å². The number of rotatable bonds is 7. The minimum Gasteiger partial charge on any atom is -0.505 e. The second-order valence-electron chi connectivity index (χ2n) is 10.0. The first-order valence-electron chi connectivity index (χ1n) is 13.6. The number of hydrogen-bond donors (Lipinski definition) is 4. The molecule has 0 radical (unpaired) electrons. The molecule has 10 nitrogen and oxygen atoms in total. The molecule has 12 heteroatoms. The predicted molar refractivity (Wildman–Crippen MR) is 179 cm³/mol. The fourth-order valence-electron chi connectivity index (χ4n) is 4.84. The molecular weight excluding hydrogens is 611 g/mol. The summed E-state index contributed by atoms with van der Waals surface area (Å²) in [6, 6.07) is 27.7. The highest BCUT2D eigenvalue weighted by molar-refractivity contribution is 7.86. The molecule has 6 rings (SSSR count). The standard InChI is InChI=1S/C33H25N5O5S2/c1-34-24-14-17-26-22(18-24)19-29(45(41,42)43)30(31(26)39)37-36-23-12-8-20(9-13-23)6-7-21-10-15-25(16-11-21)38-32(40)27-4-2-3-5-28(27)35-33(38)44/h2-19,34,39H,1H3,(H,35,44)(H,41,42,43)/b7-6+,37-36?. The van der Waals surface area contributed by atoms with E-state index >= 15 is 0 Å². The number of anilines is 1. The summed E-state index contributed by atoms with van der Waals surface area (Å²) >= 11 is 4.43. The van der Waals surface area contributed by atoms with Gasteiger partial charge in [-0.25, -0.2) is 4.98 Å². The molecule has 5 aromatic carbocycles. The van der Waals surface area contributed by atoms with E-state index in [0.29, 0.717) is 43.9 Å². The number of aromatic nitrogens is 2. The third-order valence-electron chi connectivity index (χ3n) is 7.15. The Morgan fingerprint density at radius 3 is 2.20 bits per heavy atom. The number of para-hydroxylation sites is 1. The molecule has 0 saturated heterocycles. The van der Waals surface area contributed by atoms with Crippen molar-refractivity contribution in [1.82, 2.24) is 9.55 Å². The molecule has 0 bridgehead atoms. The number of phenolic OH excluding ortho intramolecular Hbond substituents is 1. The van der Waals surface area contributed by atoms with Crippen molar-refractivity contribution in [3.63, 3.8) is 0 Å². The van der Waals surface area contributed by atoms with Gasteiger partial charge in [0.1, 0.15) is 10.6 Å². The van der Waals surface area contributed by atoms with Crippen LogP contribution in [0, 0.1) is 0 Å². The fourth-order valence-corrected chi connectivity index (χ4v) is 5.81. The Balaban J connectivity index is 1.22. The summed E-state index contributed by atoms with van der Waals surface area (Å²) in [7, 11) is -3.00. The smallest absolute Gasteiger partial charge is 0.296 e. The Hall–Kier alpha value is -5.30. The lowest BCUT2D eigenvalue weighted by Crippen LogP contribution is -2.20. The van der Waals surface area contributed by atoms with Crippen LogP contribution < -0.4 is 10.9 Å². The Labute approximate surface area is 263 Å². The van der Waals surface area contributed by atoms with Gasteiger partial charge in [0.25, 0.3) is 15.7 Å². The summed E-state index contributed by atoms with van der Waals surface area (Å²) in [5, 5.41) is 23.4. The van der Waals surface area contributed by atoms with Crippen molar-refractivity contribution in [2.45, 2.75) is 10.1 Å². The number of benzene rings is 5. The topological polar surface area (TPSA) is 146 Å². The lowest BCUT2D eigenvalue weighted by atomic mass is 10.1. The average Bonchev–Trinajstić information content (AvgIpc) is 3.03. The maximum atomic E-state index is 13.0. The summed E-state index contributed by atoms with van der Waals surface area (Å²) < 4.78 is 35.5. The molecule has 3 N–H and O–H groups in total. The monoisotopic (exact) mass is 635 g/mol. The van der Waals surface area contributed by atoms with Gasteiger partial charge in [0.2, 0.25) is 0 Å². The number of fused-ring (bicyclic) bond motifs is 2. The van der Waals surface area contributed by atoms with Crippen LogP contribution in [-0.2, 0) is 10.1 Å². The van der Waals surface area contributed by atoms with Crippen molar-refractivity contribution < 1.29 is 18.1 Å². The van der Waals surface area contributed by atoms with E-state index in [1.54, 1.807) is 67.7 Å². The Morgan fingerprint density at radius 2 is 1.53 bits per heavy atom. The van der Waals surface area contributed by atoms with Crippen LogP contribution in [0.4, 0.5) is 17.1 Å². The Kier molecular flexibility index (Phi) is 7.94. The number of thiol groups is 1. The van der Waals surface area contributed by atoms with Crippen molar-refractivity contribution >= 4 is 73.6 Å². The normalized spacial score (nSPS) is 12.1. The summed E-state index contributed by atoms with van der Waals surface area (Å²) in [6.07, 6.45) is 3.81. The van der Waals surface area contributed by atoms with Crippen LogP contribution in [0.5, 0.6) is 5.75 Å². The highest BCUT2D eigenvalue weighted by atomic mass is 32.2. The number of nitrogens with one attached hydrogen (secondary N) is 1. The van der Waals surface area contributed by atoms with Crippen LogP contribution in [0.2, 0.25) is 0 Å². The summed E-state index contributed by atoms with van der Waals surface area (Å²) in [5.41, 5.74) is 3.54. The first-order valence-corrected chi connectivity index (χ1v) is 15.5. The largest absolute Gasteiger partial charge is 0.505 e. The first-order chi connectivity index (χ1) is 21.6. The van der Waals surface area contributed by atoms with E-state index < -0.39 is 20.8 Å². The van der Waals surface area contributed by atoms with E-state index in [2.05, 4.69) is 33.2 Å². The summed E-state index contributed by atoms with van der Waals surface area (Å²) in [5.74, 6) is -0.413. The van der Waals surface area contributed by atoms with Crippen molar-refractivity contribution in [3.05, 3.63) is 119 Å². The average molecular weight is 636 g/mol. The predicted octanol–water partition coefficient (Wildman–Crippen LogP) is 7.41. The van der Waals surface area contributed by atoms with Gasteiger partial charge in [0.15, 0.2) is 10.9 Å². The van der Waals surface area contributed by atoms with Gasteiger partial charge in [-0.15, -0.1) is 17.7 Å². The molecule has 0 saturated carbocycles. The van der Waals surface area contributed by atoms with E-state index in [1.165, 1.54) is 10.6 Å². The Bertz CT molecular complexity index is 2320. The van der Waals surface area contributed by atoms with E-state index in [9.17, 15) is 22.9 Å². The number of hydrogen-bond acceptors (Lipinski definition) is 9. The lowest BCUT2D eigenvalue weighted by molar-refractivity contribution is 0.472. The molecule has 1 heterocycles. The van der Waals surface area contributed by atoms with Crippen molar-refractivity contribution in [2.24, 2.45) is 10.2 Å². The van der Waals surface area contributed by atoms with Crippen LogP contribution in [0.25, 0.3) is 39.5 Å². The summed E-state index contributed by atoms with van der Waals surface area (Å²) in [4.78, 5) is 16.9. The molecule has 224 valence electrons. The molecule has 0 spiro atoms. The van der Waals surface area contributed by atoms with Gasteiger partial charge in [-0.1, -0.05) is 48.6 Å². The van der Waals surface area contributed by atoms with Gasteiger partial charge in [-0.3, -0.25) is 13.9 Å². The van der Waals surface area contributed by atoms with Gasteiger partial charge >= 0.3 is 0 Å². The quantitative estimate of drug-likeness (QED) is 0.0470. The number of aromatic hydroxyl groups is 1. The zero-order valence-corrected chi connectivity index (χ0v) is 25.4. The second-order valence-corrected chi connectivity index (χ2v) is 11.8. The molecule has 0 atom stereocenters. The first kappa shape index (κ1) is 29.8.